The Morgan fingerprint density at radius 2 is 2.32 bits per heavy atom. The lowest BCUT2D eigenvalue weighted by Gasteiger charge is -2.34. The van der Waals surface area contributed by atoms with E-state index < -0.39 is 0 Å². The molecule has 2 saturated heterocycles. The highest BCUT2D eigenvalue weighted by molar-refractivity contribution is 5.83. The number of nitrogens with zero attached hydrogens (tertiary/aromatic N) is 2. The van der Waals surface area contributed by atoms with Gasteiger partial charge in [0.15, 0.2) is 5.96 Å². The van der Waals surface area contributed by atoms with E-state index in [2.05, 4.69) is 27.4 Å². The molecule has 0 amide bonds. The number of halogens is 1. The largest absolute Gasteiger partial charge is 0.373 e. The van der Waals surface area contributed by atoms with Crippen LogP contribution in [0.25, 0.3) is 10.9 Å². The van der Waals surface area contributed by atoms with Crippen molar-refractivity contribution in [1.29, 1.82) is 0 Å². The molecule has 0 saturated carbocycles. The van der Waals surface area contributed by atoms with Gasteiger partial charge in [0.2, 0.25) is 0 Å². The standard InChI is InChI=1S/C21H30FN5O/c1-2-23-21(26-12-18-13-27-9-3-4-17(27)14-28-18)24-8-7-15-11-25-20-10-16(22)5-6-19(15)20/h5-6,10-11,17-18,25H,2-4,7-9,12-14H2,1H3,(H2,23,24,26). The first kappa shape index (κ1) is 19.2. The van der Waals surface area contributed by atoms with E-state index in [1.165, 1.54) is 37.1 Å². The average molecular weight is 388 g/mol. The molecule has 7 heteroatoms. The molecule has 2 aromatic rings. The lowest BCUT2D eigenvalue weighted by Crippen LogP contribution is -2.47. The summed E-state index contributed by atoms with van der Waals surface area (Å²) in [6, 6.07) is 5.50. The van der Waals surface area contributed by atoms with Crippen LogP contribution >= 0.6 is 0 Å². The first-order chi connectivity index (χ1) is 13.7. The van der Waals surface area contributed by atoms with Crippen molar-refractivity contribution < 1.29 is 9.13 Å². The third kappa shape index (κ3) is 4.47. The summed E-state index contributed by atoms with van der Waals surface area (Å²) in [5.41, 5.74) is 2.01. The molecule has 152 valence electrons. The second-order valence-electron chi connectivity index (χ2n) is 7.65. The van der Waals surface area contributed by atoms with Crippen molar-refractivity contribution in [3.63, 3.8) is 0 Å². The monoisotopic (exact) mass is 387 g/mol. The molecule has 2 aliphatic heterocycles. The van der Waals surface area contributed by atoms with Gasteiger partial charge in [-0.2, -0.15) is 0 Å². The fourth-order valence-electron chi connectivity index (χ4n) is 4.21. The van der Waals surface area contributed by atoms with Crippen LogP contribution in [0.4, 0.5) is 4.39 Å². The van der Waals surface area contributed by atoms with Crippen LogP contribution in [0.5, 0.6) is 0 Å². The molecular formula is C21H30FN5O. The van der Waals surface area contributed by atoms with Crippen molar-refractivity contribution in [1.82, 2.24) is 20.5 Å². The number of hydrogen-bond donors (Lipinski definition) is 3. The minimum atomic E-state index is -0.217. The van der Waals surface area contributed by atoms with Crippen LogP contribution < -0.4 is 10.6 Å². The smallest absolute Gasteiger partial charge is 0.191 e. The van der Waals surface area contributed by atoms with Crippen molar-refractivity contribution in [3.05, 3.63) is 35.8 Å². The van der Waals surface area contributed by atoms with Gasteiger partial charge >= 0.3 is 0 Å². The van der Waals surface area contributed by atoms with Crippen LogP contribution in [0.1, 0.15) is 25.3 Å². The summed E-state index contributed by atoms with van der Waals surface area (Å²) in [7, 11) is 0. The maximum absolute atomic E-state index is 13.3. The van der Waals surface area contributed by atoms with Crippen LogP contribution in [0, 0.1) is 5.82 Å². The van der Waals surface area contributed by atoms with Crippen molar-refractivity contribution in [2.75, 3.05) is 39.3 Å². The molecule has 6 nitrogen and oxygen atoms in total. The van der Waals surface area contributed by atoms with Gasteiger partial charge in [0, 0.05) is 42.8 Å². The van der Waals surface area contributed by atoms with Crippen molar-refractivity contribution in [3.8, 4) is 0 Å². The Bertz CT molecular complexity index is 820. The van der Waals surface area contributed by atoms with Crippen molar-refractivity contribution in [2.24, 2.45) is 4.99 Å². The number of nitrogens with one attached hydrogen (secondary N) is 3. The highest BCUT2D eigenvalue weighted by Gasteiger charge is 2.31. The molecule has 2 fully saturated rings. The number of fused-ring (bicyclic) bond motifs is 2. The van der Waals surface area contributed by atoms with Gasteiger partial charge in [-0.15, -0.1) is 0 Å². The number of benzene rings is 1. The zero-order chi connectivity index (χ0) is 19.3. The number of morpholine rings is 1. The van der Waals surface area contributed by atoms with Crippen LogP contribution in [0.2, 0.25) is 0 Å². The number of aromatic nitrogens is 1. The third-order valence-corrected chi connectivity index (χ3v) is 5.68. The fourth-order valence-corrected chi connectivity index (χ4v) is 4.21. The van der Waals surface area contributed by atoms with Crippen molar-refractivity contribution >= 4 is 16.9 Å². The van der Waals surface area contributed by atoms with Gasteiger partial charge in [-0.3, -0.25) is 9.89 Å². The predicted octanol–water partition coefficient (Wildman–Crippen LogP) is 2.27. The summed E-state index contributed by atoms with van der Waals surface area (Å²) in [4.78, 5) is 10.4. The van der Waals surface area contributed by atoms with Crippen LogP contribution in [0.3, 0.4) is 0 Å². The van der Waals surface area contributed by atoms with E-state index >= 15 is 0 Å². The van der Waals surface area contributed by atoms with E-state index in [9.17, 15) is 4.39 Å². The lowest BCUT2D eigenvalue weighted by molar-refractivity contribution is -0.0432. The lowest BCUT2D eigenvalue weighted by atomic mass is 10.1. The molecule has 2 aliphatic rings. The molecule has 3 N–H and O–H groups in total. The maximum Gasteiger partial charge on any atom is 0.191 e. The van der Waals surface area contributed by atoms with Gasteiger partial charge < -0.3 is 20.4 Å². The number of aliphatic imine (C=N–C) groups is 1. The molecule has 0 radical (unpaired) electrons. The molecule has 0 aliphatic carbocycles. The minimum Gasteiger partial charge on any atom is -0.373 e. The Morgan fingerprint density at radius 1 is 1.39 bits per heavy atom. The Labute approximate surface area is 165 Å². The van der Waals surface area contributed by atoms with E-state index in [1.807, 2.05) is 12.3 Å². The van der Waals surface area contributed by atoms with Crippen molar-refractivity contribution in [2.45, 2.75) is 38.3 Å². The van der Waals surface area contributed by atoms with Gasteiger partial charge in [-0.1, -0.05) is 0 Å². The Morgan fingerprint density at radius 3 is 3.21 bits per heavy atom. The van der Waals surface area contributed by atoms with Gasteiger partial charge in [-0.05, 0) is 56.5 Å². The Kier molecular flexibility index (Phi) is 6.12. The van der Waals surface area contributed by atoms with E-state index in [-0.39, 0.29) is 11.9 Å². The number of guanidine groups is 1. The Hall–Kier alpha value is -2.12. The highest BCUT2D eigenvalue weighted by atomic mass is 19.1. The molecule has 2 unspecified atom stereocenters. The number of aromatic amines is 1. The summed E-state index contributed by atoms with van der Waals surface area (Å²) >= 11 is 0. The number of ether oxygens (including phenoxy) is 1. The van der Waals surface area contributed by atoms with Crippen LogP contribution in [-0.4, -0.2) is 67.3 Å². The first-order valence-corrected chi connectivity index (χ1v) is 10.4. The predicted molar refractivity (Wildman–Crippen MR) is 110 cm³/mol. The second kappa shape index (κ2) is 8.92. The number of H-pyrrole nitrogens is 1. The van der Waals surface area contributed by atoms with Gasteiger partial charge in [0.25, 0.3) is 0 Å². The quantitative estimate of drug-likeness (QED) is 0.526. The summed E-state index contributed by atoms with van der Waals surface area (Å²) < 4.78 is 19.3. The van der Waals surface area contributed by atoms with Crippen LogP contribution in [0.15, 0.2) is 29.4 Å². The van der Waals surface area contributed by atoms with E-state index in [0.29, 0.717) is 12.6 Å². The summed E-state index contributed by atoms with van der Waals surface area (Å²) in [5, 5.41) is 7.78. The maximum atomic E-state index is 13.3. The molecule has 1 aromatic heterocycles. The topological polar surface area (TPSA) is 64.7 Å². The van der Waals surface area contributed by atoms with E-state index in [0.717, 1.165) is 49.5 Å². The average Bonchev–Trinajstić information content (AvgIpc) is 3.32. The van der Waals surface area contributed by atoms with E-state index in [1.54, 1.807) is 0 Å². The number of rotatable bonds is 6. The Balaban J connectivity index is 1.29. The summed E-state index contributed by atoms with van der Waals surface area (Å²) in [6.07, 6.45) is 5.52. The highest BCUT2D eigenvalue weighted by Crippen LogP contribution is 2.22. The molecule has 0 bridgehead atoms. The zero-order valence-corrected chi connectivity index (χ0v) is 16.5. The van der Waals surface area contributed by atoms with E-state index in [4.69, 9.17) is 9.73 Å². The van der Waals surface area contributed by atoms with Gasteiger partial charge in [0.1, 0.15) is 5.82 Å². The molecule has 28 heavy (non-hydrogen) atoms. The van der Waals surface area contributed by atoms with Crippen LogP contribution in [-0.2, 0) is 11.2 Å². The minimum absolute atomic E-state index is 0.174. The molecular weight excluding hydrogens is 357 g/mol. The number of hydrogen-bond acceptors (Lipinski definition) is 3. The first-order valence-electron chi connectivity index (χ1n) is 10.4. The molecule has 3 heterocycles. The molecule has 2 atom stereocenters. The fraction of sp³-hybridized carbons (Fsp3) is 0.571. The van der Waals surface area contributed by atoms with Gasteiger partial charge in [-0.25, -0.2) is 4.39 Å². The zero-order valence-electron chi connectivity index (χ0n) is 16.5. The SMILES string of the molecule is CCNC(=NCC1CN2CCCC2CO1)NCCc1c[nH]c2cc(F)ccc12. The van der Waals surface area contributed by atoms with Gasteiger partial charge in [0.05, 0.1) is 19.3 Å². The molecule has 0 spiro atoms. The normalized spacial score (nSPS) is 23.1. The summed E-state index contributed by atoms with van der Waals surface area (Å²) in [5.74, 6) is 0.603. The molecule has 1 aromatic carbocycles. The molecule has 4 rings (SSSR count). The summed E-state index contributed by atoms with van der Waals surface area (Å²) in [6.45, 7) is 7.34. The third-order valence-electron chi connectivity index (χ3n) is 5.68. The second-order valence-corrected chi connectivity index (χ2v) is 7.65.